The van der Waals surface area contributed by atoms with E-state index < -0.39 is 0 Å². The molecule has 0 saturated carbocycles. The summed E-state index contributed by atoms with van der Waals surface area (Å²) in [5.41, 5.74) is 0. The summed E-state index contributed by atoms with van der Waals surface area (Å²) in [5, 5.41) is 6.00. The van der Waals surface area contributed by atoms with Crippen LogP contribution < -0.4 is 10.6 Å². The lowest BCUT2D eigenvalue weighted by molar-refractivity contribution is 0.478. The van der Waals surface area contributed by atoms with Crippen LogP contribution in [0.25, 0.3) is 0 Å². The van der Waals surface area contributed by atoms with Gasteiger partial charge in [-0.3, -0.25) is 0 Å². The van der Waals surface area contributed by atoms with Crippen molar-refractivity contribution >= 4 is 27.7 Å². The fourth-order valence-corrected chi connectivity index (χ4v) is 1.59. The normalized spacial score (nSPS) is 10.3. The second-order valence-corrected chi connectivity index (χ2v) is 4.21. The third kappa shape index (κ3) is 2.94. The maximum atomic E-state index is 5.35. The summed E-state index contributed by atoms with van der Waals surface area (Å²) >= 11 is 3.37. The zero-order chi connectivity index (χ0) is 12.3. The summed E-state index contributed by atoms with van der Waals surface area (Å²) in [6.07, 6.45) is 3.37. The molecule has 6 nitrogen and oxygen atoms in total. The van der Waals surface area contributed by atoms with Gasteiger partial charge in [-0.05, 0) is 22.9 Å². The molecule has 0 aliphatic carbocycles. The molecule has 0 unspecified atom stereocenters. The number of anilines is 2. The Kier molecular flexibility index (Phi) is 3.58. The predicted octanol–water partition coefficient (Wildman–Crippen LogP) is 2.19. The molecule has 2 rings (SSSR count). The maximum Gasteiger partial charge on any atom is 0.224 e. The summed E-state index contributed by atoms with van der Waals surface area (Å²) in [6, 6.07) is 0. The van der Waals surface area contributed by atoms with Crippen molar-refractivity contribution in [3.05, 3.63) is 28.5 Å². The molecule has 17 heavy (non-hydrogen) atoms. The zero-order valence-electron chi connectivity index (χ0n) is 9.49. The number of hydrogen-bond acceptors (Lipinski definition) is 6. The minimum atomic E-state index is 0.479. The summed E-state index contributed by atoms with van der Waals surface area (Å²) in [6.45, 7) is 2.34. The Labute approximate surface area is 107 Å². The van der Waals surface area contributed by atoms with Crippen LogP contribution in [-0.4, -0.2) is 22.0 Å². The Bertz CT molecular complexity index is 513. The number of aromatic nitrogens is 3. The molecule has 0 saturated heterocycles. The van der Waals surface area contributed by atoms with Gasteiger partial charge in [0.25, 0.3) is 0 Å². The molecule has 0 aliphatic rings. The van der Waals surface area contributed by atoms with Crippen molar-refractivity contribution in [3.8, 4) is 0 Å². The highest BCUT2D eigenvalue weighted by atomic mass is 79.9. The van der Waals surface area contributed by atoms with Gasteiger partial charge in [0.1, 0.15) is 11.6 Å². The molecule has 0 aliphatic heterocycles. The molecule has 0 spiro atoms. The number of oxazole rings is 1. The first kappa shape index (κ1) is 11.8. The summed E-state index contributed by atoms with van der Waals surface area (Å²) in [5.74, 6) is 2.66. The van der Waals surface area contributed by atoms with Crippen molar-refractivity contribution in [3.63, 3.8) is 0 Å². The minimum Gasteiger partial charge on any atom is -0.444 e. The first-order valence-corrected chi connectivity index (χ1v) is 5.84. The van der Waals surface area contributed by atoms with Crippen LogP contribution in [0.15, 0.2) is 21.3 Å². The molecule has 7 heteroatoms. The fourth-order valence-electron chi connectivity index (χ4n) is 1.25. The number of hydrogen-bond donors (Lipinski definition) is 2. The van der Waals surface area contributed by atoms with Gasteiger partial charge in [-0.25, -0.2) is 9.97 Å². The molecular formula is C10H12BrN5O. The van der Waals surface area contributed by atoms with E-state index >= 15 is 0 Å². The number of halogens is 1. The van der Waals surface area contributed by atoms with Crippen LogP contribution in [-0.2, 0) is 6.54 Å². The van der Waals surface area contributed by atoms with Gasteiger partial charge in [0.05, 0.1) is 17.2 Å². The smallest absolute Gasteiger partial charge is 0.224 e. The van der Waals surface area contributed by atoms with Gasteiger partial charge >= 0.3 is 0 Å². The van der Waals surface area contributed by atoms with E-state index in [1.165, 1.54) is 0 Å². The van der Waals surface area contributed by atoms with E-state index in [1.54, 1.807) is 19.4 Å². The highest BCUT2D eigenvalue weighted by Crippen LogP contribution is 2.20. The molecular weight excluding hydrogens is 286 g/mol. The number of rotatable bonds is 4. The lowest BCUT2D eigenvalue weighted by atomic mass is 10.5. The topological polar surface area (TPSA) is 75.9 Å². The van der Waals surface area contributed by atoms with Crippen molar-refractivity contribution in [2.45, 2.75) is 13.5 Å². The minimum absolute atomic E-state index is 0.479. The average molecular weight is 298 g/mol. The van der Waals surface area contributed by atoms with E-state index in [0.29, 0.717) is 24.2 Å². The summed E-state index contributed by atoms with van der Waals surface area (Å²) in [4.78, 5) is 12.4. The lowest BCUT2D eigenvalue weighted by Crippen LogP contribution is -2.05. The average Bonchev–Trinajstić information content (AvgIpc) is 2.74. The summed E-state index contributed by atoms with van der Waals surface area (Å²) in [7, 11) is 1.77. The van der Waals surface area contributed by atoms with Crippen LogP contribution in [0.2, 0.25) is 0 Å². The maximum absolute atomic E-state index is 5.35. The number of aryl methyl sites for hydroxylation is 1. The Balaban J connectivity index is 2.07. The van der Waals surface area contributed by atoms with E-state index in [2.05, 4.69) is 41.5 Å². The highest BCUT2D eigenvalue weighted by molar-refractivity contribution is 9.10. The van der Waals surface area contributed by atoms with Crippen molar-refractivity contribution < 1.29 is 4.42 Å². The molecule has 2 aromatic rings. The van der Waals surface area contributed by atoms with Gasteiger partial charge in [-0.15, -0.1) is 0 Å². The largest absolute Gasteiger partial charge is 0.444 e. The van der Waals surface area contributed by atoms with Crippen LogP contribution in [0.5, 0.6) is 0 Å². The monoisotopic (exact) mass is 297 g/mol. The molecule has 90 valence electrons. The third-order valence-corrected chi connectivity index (χ3v) is 2.62. The zero-order valence-corrected chi connectivity index (χ0v) is 11.1. The van der Waals surface area contributed by atoms with Gasteiger partial charge in [-0.2, -0.15) is 4.98 Å². The first-order valence-electron chi connectivity index (χ1n) is 5.04. The SMILES string of the molecule is CNc1ncc(Br)c(NCc2ncc(C)o2)n1. The second kappa shape index (κ2) is 5.13. The van der Waals surface area contributed by atoms with Gasteiger partial charge in [-0.1, -0.05) is 0 Å². The van der Waals surface area contributed by atoms with Gasteiger partial charge < -0.3 is 15.1 Å². The molecule has 0 radical (unpaired) electrons. The Morgan fingerprint density at radius 1 is 1.35 bits per heavy atom. The summed E-state index contributed by atoms with van der Waals surface area (Å²) < 4.78 is 6.15. The molecule has 0 aromatic carbocycles. The van der Waals surface area contributed by atoms with Gasteiger partial charge in [0, 0.05) is 13.2 Å². The van der Waals surface area contributed by atoms with Crippen LogP contribution in [0.3, 0.4) is 0 Å². The van der Waals surface area contributed by atoms with E-state index in [9.17, 15) is 0 Å². The van der Waals surface area contributed by atoms with E-state index in [4.69, 9.17) is 4.42 Å². The van der Waals surface area contributed by atoms with Crippen molar-refractivity contribution in [1.82, 2.24) is 15.0 Å². The highest BCUT2D eigenvalue weighted by Gasteiger charge is 2.06. The first-order chi connectivity index (χ1) is 8.19. The fraction of sp³-hybridized carbons (Fsp3) is 0.300. The molecule has 0 fully saturated rings. The Morgan fingerprint density at radius 3 is 2.82 bits per heavy atom. The Hall–Kier alpha value is -1.63. The van der Waals surface area contributed by atoms with Gasteiger partial charge in [0.2, 0.25) is 11.8 Å². The predicted molar refractivity (Wildman–Crippen MR) is 67.8 cm³/mol. The van der Waals surface area contributed by atoms with E-state index in [0.717, 1.165) is 10.2 Å². The number of nitrogens with one attached hydrogen (secondary N) is 2. The second-order valence-electron chi connectivity index (χ2n) is 3.36. The Morgan fingerprint density at radius 2 is 2.18 bits per heavy atom. The van der Waals surface area contributed by atoms with Crippen LogP contribution in [0.1, 0.15) is 11.7 Å². The number of nitrogens with zero attached hydrogens (tertiary/aromatic N) is 3. The van der Waals surface area contributed by atoms with E-state index in [1.807, 2.05) is 6.92 Å². The van der Waals surface area contributed by atoms with Crippen molar-refractivity contribution in [2.24, 2.45) is 0 Å². The lowest BCUT2D eigenvalue weighted by Gasteiger charge is -2.06. The van der Waals surface area contributed by atoms with Crippen LogP contribution in [0.4, 0.5) is 11.8 Å². The van der Waals surface area contributed by atoms with Crippen LogP contribution >= 0.6 is 15.9 Å². The molecule has 0 atom stereocenters. The standard InChI is InChI=1S/C10H12BrN5O/c1-6-3-13-8(17-6)5-14-9-7(11)4-15-10(12-2)16-9/h3-4H,5H2,1-2H3,(H2,12,14,15,16). The quantitative estimate of drug-likeness (QED) is 0.901. The molecule has 2 N–H and O–H groups in total. The third-order valence-electron chi connectivity index (χ3n) is 2.04. The van der Waals surface area contributed by atoms with Crippen molar-refractivity contribution in [1.29, 1.82) is 0 Å². The molecule has 2 aromatic heterocycles. The molecule has 0 amide bonds. The van der Waals surface area contributed by atoms with Gasteiger partial charge in [0.15, 0.2) is 0 Å². The molecule has 2 heterocycles. The van der Waals surface area contributed by atoms with Crippen LogP contribution in [0, 0.1) is 6.92 Å². The molecule has 0 bridgehead atoms. The van der Waals surface area contributed by atoms with Crippen molar-refractivity contribution in [2.75, 3.05) is 17.7 Å². The van der Waals surface area contributed by atoms with E-state index in [-0.39, 0.29) is 0 Å².